The molecule has 1 aromatic heterocycles. The molecule has 2 nitrogen and oxygen atoms in total. The van der Waals surface area contributed by atoms with Crippen molar-refractivity contribution in [2.24, 2.45) is 0 Å². The Kier molecular flexibility index (Phi) is 4.65. The molecule has 1 atom stereocenters. The minimum Gasteiger partial charge on any atom is -0.350 e. The van der Waals surface area contributed by atoms with Gasteiger partial charge in [-0.3, -0.25) is 4.90 Å². The molecule has 0 N–H and O–H groups in total. The highest BCUT2D eigenvalue weighted by Crippen LogP contribution is 2.34. The van der Waals surface area contributed by atoms with Crippen LogP contribution >= 0.6 is 11.6 Å². The van der Waals surface area contributed by atoms with E-state index in [1.165, 1.54) is 22.4 Å². The first-order valence-corrected chi connectivity index (χ1v) is 9.28. The van der Waals surface area contributed by atoms with E-state index in [0.29, 0.717) is 0 Å². The second-order valence-corrected chi connectivity index (χ2v) is 7.33. The van der Waals surface area contributed by atoms with Crippen LogP contribution in [-0.2, 0) is 13.1 Å². The van der Waals surface area contributed by atoms with Gasteiger partial charge in [-0.2, -0.15) is 0 Å². The van der Waals surface area contributed by atoms with Gasteiger partial charge in [-0.15, -0.1) is 0 Å². The van der Waals surface area contributed by atoms with Crippen molar-refractivity contribution in [2.45, 2.75) is 32.5 Å². The fraction of sp³-hybridized carbons (Fsp3) is 0.273. The quantitative estimate of drug-likeness (QED) is 0.610. The summed E-state index contributed by atoms with van der Waals surface area (Å²) in [6.45, 7) is 5.26. The molecule has 0 amide bonds. The molecule has 0 bridgehead atoms. The molecule has 0 unspecified atom stereocenters. The van der Waals surface area contributed by atoms with Crippen molar-refractivity contribution in [1.29, 1.82) is 0 Å². The summed E-state index contributed by atoms with van der Waals surface area (Å²) in [5.74, 6) is 0. The van der Waals surface area contributed by atoms with E-state index in [9.17, 15) is 0 Å². The predicted molar refractivity (Wildman–Crippen MR) is 104 cm³/mol. The SMILES string of the molecule is Cc1cccc(CN2CCCn3cccc3[C@@H]2c2cccc(Cl)c2)c1. The van der Waals surface area contributed by atoms with Crippen molar-refractivity contribution < 1.29 is 0 Å². The Morgan fingerprint density at radius 1 is 1.00 bits per heavy atom. The number of halogens is 1. The fourth-order valence-corrected chi connectivity index (χ4v) is 4.11. The Morgan fingerprint density at radius 3 is 2.72 bits per heavy atom. The molecule has 3 heteroatoms. The molecule has 0 radical (unpaired) electrons. The summed E-state index contributed by atoms with van der Waals surface area (Å²) >= 11 is 6.31. The summed E-state index contributed by atoms with van der Waals surface area (Å²) in [7, 11) is 0. The Balaban J connectivity index is 1.75. The maximum atomic E-state index is 6.31. The molecule has 0 saturated heterocycles. The lowest BCUT2D eigenvalue weighted by molar-refractivity contribution is 0.220. The lowest BCUT2D eigenvalue weighted by Crippen LogP contribution is -2.29. The highest BCUT2D eigenvalue weighted by atomic mass is 35.5. The van der Waals surface area contributed by atoms with E-state index in [4.69, 9.17) is 11.6 Å². The maximum absolute atomic E-state index is 6.31. The zero-order valence-electron chi connectivity index (χ0n) is 14.5. The summed E-state index contributed by atoms with van der Waals surface area (Å²) in [6, 6.07) is 21.8. The van der Waals surface area contributed by atoms with Crippen LogP contribution in [0.25, 0.3) is 0 Å². The number of aryl methyl sites for hydroxylation is 2. The first-order valence-electron chi connectivity index (χ1n) is 8.91. The topological polar surface area (TPSA) is 8.17 Å². The van der Waals surface area contributed by atoms with Gasteiger partial charge in [0, 0.05) is 36.5 Å². The van der Waals surface area contributed by atoms with Crippen molar-refractivity contribution in [1.82, 2.24) is 9.47 Å². The van der Waals surface area contributed by atoms with Gasteiger partial charge in [0.25, 0.3) is 0 Å². The highest BCUT2D eigenvalue weighted by Gasteiger charge is 2.27. The third-order valence-corrected chi connectivity index (χ3v) is 5.22. The molecule has 1 aliphatic rings. The largest absolute Gasteiger partial charge is 0.350 e. The summed E-state index contributed by atoms with van der Waals surface area (Å²) in [5, 5.41) is 0.801. The van der Waals surface area contributed by atoms with Crippen LogP contribution in [0.2, 0.25) is 5.02 Å². The molecule has 0 saturated carbocycles. The number of hydrogen-bond donors (Lipinski definition) is 0. The number of hydrogen-bond acceptors (Lipinski definition) is 1. The molecular formula is C22H23ClN2. The normalized spacial score (nSPS) is 17.9. The Labute approximate surface area is 154 Å². The average Bonchev–Trinajstić information content (AvgIpc) is 2.96. The first-order chi connectivity index (χ1) is 12.2. The third-order valence-electron chi connectivity index (χ3n) is 4.99. The average molecular weight is 351 g/mol. The second-order valence-electron chi connectivity index (χ2n) is 6.90. The van der Waals surface area contributed by atoms with Gasteiger partial charge >= 0.3 is 0 Å². The van der Waals surface area contributed by atoms with E-state index in [1.807, 2.05) is 6.07 Å². The Bertz CT molecular complexity index is 868. The van der Waals surface area contributed by atoms with E-state index in [2.05, 4.69) is 77.2 Å². The van der Waals surface area contributed by atoms with E-state index in [-0.39, 0.29) is 6.04 Å². The van der Waals surface area contributed by atoms with Crippen LogP contribution in [0.4, 0.5) is 0 Å². The minimum atomic E-state index is 0.233. The summed E-state index contributed by atoms with van der Waals surface area (Å²) in [5.41, 5.74) is 5.30. The number of rotatable bonds is 3. The lowest BCUT2D eigenvalue weighted by atomic mass is 10.0. The summed E-state index contributed by atoms with van der Waals surface area (Å²) in [4.78, 5) is 2.58. The molecular weight excluding hydrogens is 328 g/mol. The zero-order chi connectivity index (χ0) is 17.2. The van der Waals surface area contributed by atoms with Gasteiger partial charge in [0.05, 0.1) is 6.04 Å². The number of benzene rings is 2. The van der Waals surface area contributed by atoms with Crippen molar-refractivity contribution in [3.63, 3.8) is 0 Å². The number of nitrogens with zero attached hydrogens (tertiary/aromatic N) is 2. The Morgan fingerprint density at radius 2 is 1.88 bits per heavy atom. The Hall–Kier alpha value is -2.03. The number of fused-ring (bicyclic) bond motifs is 1. The molecule has 2 aromatic carbocycles. The molecule has 0 aliphatic carbocycles. The molecule has 25 heavy (non-hydrogen) atoms. The van der Waals surface area contributed by atoms with Crippen LogP contribution in [0.3, 0.4) is 0 Å². The smallest absolute Gasteiger partial charge is 0.0759 e. The van der Waals surface area contributed by atoms with Gasteiger partial charge in [-0.1, -0.05) is 53.6 Å². The van der Waals surface area contributed by atoms with Gasteiger partial charge in [0.1, 0.15) is 0 Å². The molecule has 1 aliphatic heterocycles. The van der Waals surface area contributed by atoms with E-state index in [1.54, 1.807) is 0 Å². The molecule has 3 aromatic rings. The molecule has 0 fully saturated rings. The monoisotopic (exact) mass is 350 g/mol. The molecule has 2 heterocycles. The van der Waals surface area contributed by atoms with Crippen LogP contribution in [0.15, 0.2) is 66.9 Å². The van der Waals surface area contributed by atoms with E-state index < -0.39 is 0 Å². The lowest BCUT2D eigenvalue weighted by Gasteiger charge is -2.31. The van der Waals surface area contributed by atoms with Crippen LogP contribution < -0.4 is 0 Å². The van der Waals surface area contributed by atoms with Crippen molar-refractivity contribution in [3.05, 3.63) is 94.3 Å². The van der Waals surface area contributed by atoms with Crippen LogP contribution in [0.1, 0.15) is 34.8 Å². The predicted octanol–water partition coefficient (Wildman–Crippen LogP) is 5.45. The summed E-state index contributed by atoms with van der Waals surface area (Å²) in [6.07, 6.45) is 3.35. The fourth-order valence-electron chi connectivity index (χ4n) is 3.91. The maximum Gasteiger partial charge on any atom is 0.0759 e. The van der Waals surface area contributed by atoms with Gasteiger partial charge in [0.2, 0.25) is 0 Å². The van der Waals surface area contributed by atoms with Crippen LogP contribution in [-0.4, -0.2) is 16.0 Å². The van der Waals surface area contributed by atoms with Gasteiger partial charge < -0.3 is 4.57 Å². The highest BCUT2D eigenvalue weighted by molar-refractivity contribution is 6.30. The van der Waals surface area contributed by atoms with Crippen molar-refractivity contribution in [2.75, 3.05) is 6.54 Å². The standard InChI is InChI=1S/C22H23ClN2/c1-17-6-2-7-18(14-17)16-25-13-5-12-24-11-4-10-21(24)22(25)19-8-3-9-20(23)15-19/h2-4,6-11,14-15,22H,5,12-13,16H2,1H3/t22-/m0/s1. The van der Waals surface area contributed by atoms with Gasteiger partial charge in [0.15, 0.2) is 0 Å². The van der Waals surface area contributed by atoms with Crippen LogP contribution in [0, 0.1) is 6.92 Å². The van der Waals surface area contributed by atoms with Gasteiger partial charge in [-0.25, -0.2) is 0 Å². The first kappa shape index (κ1) is 16.4. The van der Waals surface area contributed by atoms with Crippen molar-refractivity contribution >= 4 is 11.6 Å². The molecule has 128 valence electrons. The van der Waals surface area contributed by atoms with E-state index >= 15 is 0 Å². The molecule has 4 rings (SSSR count). The van der Waals surface area contributed by atoms with E-state index in [0.717, 1.165) is 31.1 Å². The minimum absolute atomic E-state index is 0.233. The zero-order valence-corrected chi connectivity index (χ0v) is 15.3. The van der Waals surface area contributed by atoms with Crippen LogP contribution in [0.5, 0.6) is 0 Å². The van der Waals surface area contributed by atoms with Crippen molar-refractivity contribution in [3.8, 4) is 0 Å². The van der Waals surface area contributed by atoms with Gasteiger partial charge in [-0.05, 0) is 48.7 Å². The summed E-state index contributed by atoms with van der Waals surface area (Å²) < 4.78 is 2.39. The number of aromatic nitrogens is 1. The third kappa shape index (κ3) is 3.51. The molecule has 0 spiro atoms. The second kappa shape index (κ2) is 7.07.